The Kier molecular flexibility index (Phi) is 5.36. The normalized spacial score (nSPS) is 18.4. The highest BCUT2D eigenvalue weighted by Gasteiger charge is 2.41. The van der Waals surface area contributed by atoms with Gasteiger partial charge in [-0.05, 0) is 43.0 Å². The molecule has 2 aromatic carbocycles. The van der Waals surface area contributed by atoms with E-state index in [9.17, 15) is 26.4 Å². The van der Waals surface area contributed by atoms with E-state index >= 15 is 0 Å². The first kappa shape index (κ1) is 20.9. The lowest BCUT2D eigenvalue weighted by atomic mass is 9.96. The van der Waals surface area contributed by atoms with E-state index in [0.717, 1.165) is 34.1 Å². The number of para-hydroxylation sites is 1. The first-order valence-corrected chi connectivity index (χ1v) is 11.2. The zero-order chi connectivity index (χ0) is 21.5. The second-order valence-electron chi connectivity index (χ2n) is 7.54. The van der Waals surface area contributed by atoms with Gasteiger partial charge in [0.2, 0.25) is 15.9 Å². The summed E-state index contributed by atoms with van der Waals surface area (Å²) in [6.45, 7) is 0.622. The number of carbonyl (C=O) groups is 1. The number of sulfonamides is 1. The van der Waals surface area contributed by atoms with Crippen molar-refractivity contribution in [2.45, 2.75) is 30.3 Å². The summed E-state index contributed by atoms with van der Waals surface area (Å²) in [7, 11) is -4.30. The van der Waals surface area contributed by atoms with Crippen LogP contribution < -0.4 is 4.90 Å². The predicted octanol–water partition coefficient (Wildman–Crippen LogP) is 3.70. The van der Waals surface area contributed by atoms with Crippen LogP contribution in [0.5, 0.6) is 0 Å². The van der Waals surface area contributed by atoms with Gasteiger partial charge in [0.05, 0.1) is 10.5 Å². The first-order valence-electron chi connectivity index (χ1n) is 9.75. The molecule has 4 rings (SSSR count). The van der Waals surface area contributed by atoms with Crippen molar-refractivity contribution >= 4 is 21.6 Å². The lowest BCUT2D eigenvalue weighted by molar-refractivity contribution is -0.139. The number of hydrogen-bond donors (Lipinski definition) is 0. The number of rotatable bonds is 3. The van der Waals surface area contributed by atoms with Crippen LogP contribution in [0.1, 0.15) is 24.0 Å². The largest absolute Gasteiger partial charge is 0.417 e. The Balaban J connectivity index is 1.48. The summed E-state index contributed by atoms with van der Waals surface area (Å²) < 4.78 is 66.6. The molecule has 2 aliphatic heterocycles. The Hall–Kier alpha value is -2.39. The fraction of sp³-hybridized carbons (Fsp3) is 0.381. The van der Waals surface area contributed by atoms with E-state index in [1.54, 1.807) is 4.90 Å². The molecule has 0 bridgehead atoms. The minimum Gasteiger partial charge on any atom is -0.312 e. The number of nitrogens with zero attached hydrogens (tertiary/aromatic N) is 2. The maximum Gasteiger partial charge on any atom is 0.417 e. The number of benzene rings is 2. The number of fused-ring (bicyclic) bond motifs is 1. The lowest BCUT2D eigenvalue weighted by Gasteiger charge is -2.33. The van der Waals surface area contributed by atoms with Gasteiger partial charge in [-0.1, -0.05) is 30.3 Å². The molecule has 0 aliphatic carbocycles. The summed E-state index contributed by atoms with van der Waals surface area (Å²) in [5, 5.41) is 0. The van der Waals surface area contributed by atoms with E-state index < -0.39 is 26.7 Å². The quantitative estimate of drug-likeness (QED) is 0.735. The topological polar surface area (TPSA) is 57.7 Å². The molecule has 30 heavy (non-hydrogen) atoms. The summed E-state index contributed by atoms with van der Waals surface area (Å²) in [4.78, 5) is 14.0. The van der Waals surface area contributed by atoms with Crippen LogP contribution in [0.15, 0.2) is 53.4 Å². The van der Waals surface area contributed by atoms with Gasteiger partial charge in [0, 0.05) is 31.2 Å². The Morgan fingerprint density at radius 3 is 2.27 bits per heavy atom. The standard InChI is InChI=1S/C21H21F3N2O3S/c22-21(23,24)17-6-2-4-8-19(17)30(28,29)25-12-9-16(10-13-25)20(27)26-14-11-15-5-1-3-7-18(15)26/h1-8,16H,9-14H2. The van der Waals surface area contributed by atoms with Gasteiger partial charge in [0.1, 0.15) is 0 Å². The molecule has 0 unspecified atom stereocenters. The van der Waals surface area contributed by atoms with Crippen molar-refractivity contribution < 1.29 is 26.4 Å². The minimum absolute atomic E-state index is 0.0143. The number of amides is 1. The molecule has 0 atom stereocenters. The minimum atomic E-state index is -4.76. The van der Waals surface area contributed by atoms with Crippen molar-refractivity contribution in [3.8, 4) is 0 Å². The maximum absolute atomic E-state index is 13.3. The zero-order valence-electron chi connectivity index (χ0n) is 16.1. The molecule has 2 aromatic rings. The van der Waals surface area contributed by atoms with Gasteiger partial charge >= 0.3 is 6.18 Å². The monoisotopic (exact) mass is 438 g/mol. The predicted molar refractivity (Wildman–Crippen MR) is 105 cm³/mol. The number of hydrogen-bond acceptors (Lipinski definition) is 3. The maximum atomic E-state index is 13.3. The van der Waals surface area contributed by atoms with Gasteiger partial charge in [0.25, 0.3) is 0 Å². The van der Waals surface area contributed by atoms with Crippen LogP contribution in [0.4, 0.5) is 18.9 Å². The van der Waals surface area contributed by atoms with Gasteiger partial charge in [-0.15, -0.1) is 0 Å². The van der Waals surface area contributed by atoms with Crippen LogP contribution in [-0.2, 0) is 27.4 Å². The first-order chi connectivity index (χ1) is 14.2. The highest BCUT2D eigenvalue weighted by Crippen LogP contribution is 2.36. The Morgan fingerprint density at radius 1 is 0.933 bits per heavy atom. The summed E-state index contributed by atoms with van der Waals surface area (Å²) in [6, 6.07) is 11.9. The van der Waals surface area contributed by atoms with Gasteiger partial charge < -0.3 is 4.90 Å². The molecule has 160 valence electrons. The molecule has 0 saturated carbocycles. The van der Waals surface area contributed by atoms with Crippen molar-refractivity contribution in [1.82, 2.24) is 4.31 Å². The Morgan fingerprint density at radius 2 is 1.57 bits per heavy atom. The molecule has 0 aromatic heterocycles. The number of piperidine rings is 1. The van der Waals surface area contributed by atoms with Crippen LogP contribution in [0.2, 0.25) is 0 Å². The summed E-state index contributed by atoms with van der Waals surface area (Å²) in [6.07, 6.45) is -3.42. The van der Waals surface area contributed by atoms with Crippen molar-refractivity contribution in [2.24, 2.45) is 5.92 Å². The lowest BCUT2D eigenvalue weighted by Crippen LogP contribution is -2.44. The number of alkyl halides is 3. The molecular weight excluding hydrogens is 417 g/mol. The van der Waals surface area contributed by atoms with Crippen molar-refractivity contribution in [3.63, 3.8) is 0 Å². The highest BCUT2D eigenvalue weighted by molar-refractivity contribution is 7.89. The second kappa shape index (κ2) is 7.70. The summed E-state index contributed by atoms with van der Waals surface area (Å²) >= 11 is 0. The van der Waals surface area contributed by atoms with E-state index in [0.29, 0.717) is 6.54 Å². The molecule has 5 nitrogen and oxygen atoms in total. The molecular formula is C21H21F3N2O3S. The Labute approximate surface area is 173 Å². The van der Waals surface area contributed by atoms with Crippen molar-refractivity contribution in [3.05, 3.63) is 59.7 Å². The molecule has 2 aliphatic rings. The molecule has 1 amide bonds. The van der Waals surface area contributed by atoms with Gasteiger partial charge in [-0.3, -0.25) is 4.79 Å². The van der Waals surface area contributed by atoms with E-state index in [4.69, 9.17) is 0 Å². The van der Waals surface area contributed by atoms with Crippen LogP contribution in [0, 0.1) is 5.92 Å². The van der Waals surface area contributed by atoms with E-state index in [-0.39, 0.29) is 37.8 Å². The van der Waals surface area contributed by atoms with E-state index in [1.807, 2.05) is 24.3 Å². The number of carbonyl (C=O) groups excluding carboxylic acids is 1. The summed E-state index contributed by atoms with van der Waals surface area (Å²) in [5.41, 5.74) is 0.822. The van der Waals surface area contributed by atoms with Crippen LogP contribution in [-0.4, -0.2) is 38.3 Å². The summed E-state index contributed by atoms with van der Waals surface area (Å²) in [5.74, 6) is -0.395. The molecule has 0 radical (unpaired) electrons. The third-order valence-electron chi connectivity index (χ3n) is 5.77. The molecule has 2 heterocycles. The molecule has 0 N–H and O–H groups in total. The van der Waals surface area contributed by atoms with E-state index in [2.05, 4.69) is 0 Å². The molecule has 0 spiro atoms. The van der Waals surface area contributed by atoms with Gasteiger partial charge in [-0.25, -0.2) is 8.42 Å². The number of anilines is 1. The number of halogens is 3. The van der Waals surface area contributed by atoms with E-state index in [1.165, 1.54) is 12.1 Å². The average Bonchev–Trinajstić information content (AvgIpc) is 3.17. The third kappa shape index (κ3) is 3.72. The highest BCUT2D eigenvalue weighted by atomic mass is 32.2. The average molecular weight is 438 g/mol. The molecule has 1 fully saturated rings. The second-order valence-corrected chi connectivity index (χ2v) is 9.45. The smallest absolute Gasteiger partial charge is 0.312 e. The van der Waals surface area contributed by atoms with Crippen LogP contribution >= 0.6 is 0 Å². The fourth-order valence-corrected chi connectivity index (χ4v) is 5.88. The van der Waals surface area contributed by atoms with Gasteiger partial charge in [0.15, 0.2) is 0 Å². The van der Waals surface area contributed by atoms with Crippen molar-refractivity contribution in [1.29, 1.82) is 0 Å². The third-order valence-corrected chi connectivity index (χ3v) is 7.72. The van der Waals surface area contributed by atoms with Crippen molar-refractivity contribution in [2.75, 3.05) is 24.5 Å². The van der Waals surface area contributed by atoms with Crippen LogP contribution in [0.25, 0.3) is 0 Å². The Bertz CT molecular complexity index is 1060. The fourth-order valence-electron chi connectivity index (χ4n) is 4.20. The zero-order valence-corrected chi connectivity index (χ0v) is 16.9. The van der Waals surface area contributed by atoms with Crippen LogP contribution in [0.3, 0.4) is 0 Å². The van der Waals surface area contributed by atoms with Gasteiger partial charge in [-0.2, -0.15) is 17.5 Å². The molecule has 9 heteroatoms. The molecule has 1 saturated heterocycles. The SMILES string of the molecule is O=C(C1CCN(S(=O)(=O)c2ccccc2C(F)(F)F)CC1)N1CCc2ccccc21.